The Kier molecular flexibility index (Phi) is 6.17. The van der Waals surface area contributed by atoms with Gasteiger partial charge in [-0.15, -0.1) is 0 Å². The highest BCUT2D eigenvalue weighted by Crippen LogP contribution is 2.35. The first-order chi connectivity index (χ1) is 14.7. The van der Waals surface area contributed by atoms with E-state index in [4.69, 9.17) is 34.8 Å². The lowest BCUT2D eigenvalue weighted by Gasteiger charge is -2.19. The fourth-order valence-corrected chi connectivity index (χ4v) is 5.66. The highest BCUT2D eigenvalue weighted by Gasteiger charge is 2.30. The predicted octanol–water partition coefficient (Wildman–Crippen LogP) is 6.11. The van der Waals surface area contributed by atoms with Gasteiger partial charge in [-0.1, -0.05) is 65.1 Å². The Morgan fingerprint density at radius 3 is 2.35 bits per heavy atom. The van der Waals surface area contributed by atoms with Crippen molar-refractivity contribution in [2.75, 3.05) is 21.9 Å². The van der Waals surface area contributed by atoms with E-state index in [1.165, 1.54) is 16.4 Å². The molecule has 1 aliphatic rings. The molecule has 0 atom stereocenters. The van der Waals surface area contributed by atoms with E-state index in [0.717, 1.165) is 11.1 Å². The zero-order valence-electron chi connectivity index (χ0n) is 16.1. The van der Waals surface area contributed by atoms with Gasteiger partial charge < -0.3 is 5.32 Å². The first-order valence-corrected chi connectivity index (χ1v) is 12.2. The van der Waals surface area contributed by atoms with Gasteiger partial charge in [0, 0.05) is 17.3 Å². The van der Waals surface area contributed by atoms with Crippen LogP contribution in [0.5, 0.6) is 0 Å². The number of benzene rings is 3. The summed E-state index contributed by atoms with van der Waals surface area (Å²) in [5, 5.41) is 3.38. The lowest BCUT2D eigenvalue weighted by atomic mass is 10.1. The minimum absolute atomic E-state index is 0.0461. The summed E-state index contributed by atoms with van der Waals surface area (Å²) < 4.78 is 25.8. The fraction of sp³-hybridized carbons (Fsp3) is 0.136. The van der Waals surface area contributed by atoms with Crippen LogP contribution in [0.25, 0.3) is 11.1 Å². The number of carbonyl (C=O) groups excluding carboxylic acids is 1. The van der Waals surface area contributed by atoms with E-state index in [-0.39, 0.29) is 21.4 Å². The molecule has 1 aliphatic heterocycles. The molecule has 5 nitrogen and oxygen atoms in total. The van der Waals surface area contributed by atoms with Crippen LogP contribution in [0.2, 0.25) is 15.1 Å². The quantitative estimate of drug-likeness (QED) is 0.475. The van der Waals surface area contributed by atoms with E-state index >= 15 is 0 Å². The van der Waals surface area contributed by atoms with Crippen molar-refractivity contribution in [3.05, 3.63) is 81.3 Å². The topological polar surface area (TPSA) is 66.5 Å². The Morgan fingerprint density at radius 1 is 0.935 bits per heavy atom. The molecule has 1 N–H and O–H groups in total. The summed E-state index contributed by atoms with van der Waals surface area (Å²) in [5.41, 5.74) is 2.65. The number of hydrogen-bond donors (Lipinski definition) is 1. The molecule has 3 aromatic carbocycles. The van der Waals surface area contributed by atoms with Gasteiger partial charge in [0.15, 0.2) is 0 Å². The predicted molar refractivity (Wildman–Crippen MR) is 127 cm³/mol. The Hall–Kier alpha value is -2.25. The first kappa shape index (κ1) is 22.0. The second kappa shape index (κ2) is 8.71. The largest absolute Gasteiger partial charge is 0.322 e. The van der Waals surface area contributed by atoms with Gasteiger partial charge in [0.05, 0.1) is 27.0 Å². The summed E-state index contributed by atoms with van der Waals surface area (Å²) >= 11 is 18.7. The van der Waals surface area contributed by atoms with E-state index in [2.05, 4.69) is 5.32 Å². The van der Waals surface area contributed by atoms with Gasteiger partial charge in [-0.05, 0) is 47.9 Å². The van der Waals surface area contributed by atoms with Crippen molar-refractivity contribution < 1.29 is 13.2 Å². The van der Waals surface area contributed by atoms with Crippen molar-refractivity contribution in [3.8, 4) is 11.1 Å². The van der Waals surface area contributed by atoms with Crippen LogP contribution in [-0.4, -0.2) is 26.6 Å². The van der Waals surface area contributed by atoms with Gasteiger partial charge in [-0.25, -0.2) is 8.42 Å². The molecule has 3 aromatic rings. The standard InChI is InChI=1S/C22H17Cl3N2O3S/c23-16-9-15(14-5-2-1-3-6-14)10-17(11-16)26-22(28)19-12-18(13-20(24)21(19)25)27-7-4-8-31(27,29)30/h1-3,5-6,9-13H,4,7-8H2,(H,26,28). The number of nitrogens with one attached hydrogen (secondary N) is 1. The van der Waals surface area contributed by atoms with Crippen LogP contribution < -0.4 is 9.62 Å². The van der Waals surface area contributed by atoms with Gasteiger partial charge in [0.2, 0.25) is 10.0 Å². The Balaban J connectivity index is 1.67. The highest BCUT2D eigenvalue weighted by molar-refractivity contribution is 7.93. The van der Waals surface area contributed by atoms with Crippen molar-refractivity contribution in [1.82, 2.24) is 0 Å². The summed E-state index contributed by atoms with van der Waals surface area (Å²) in [7, 11) is -3.43. The third-order valence-corrected chi connectivity index (χ3v) is 7.80. The number of nitrogens with zero attached hydrogens (tertiary/aromatic N) is 1. The summed E-state index contributed by atoms with van der Waals surface area (Å²) in [5.74, 6) is -0.467. The van der Waals surface area contributed by atoms with Crippen molar-refractivity contribution in [3.63, 3.8) is 0 Å². The van der Waals surface area contributed by atoms with E-state index < -0.39 is 15.9 Å². The molecule has 0 aliphatic carbocycles. The number of sulfonamides is 1. The summed E-state index contributed by atoms with van der Waals surface area (Å²) in [4.78, 5) is 13.0. The average molecular weight is 496 g/mol. The number of rotatable bonds is 4. The van der Waals surface area contributed by atoms with E-state index in [0.29, 0.717) is 29.4 Å². The zero-order valence-corrected chi connectivity index (χ0v) is 19.2. The molecule has 1 fully saturated rings. The molecule has 0 radical (unpaired) electrons. The minimum Gasteiger partial charge on any atom is -0.322 e. The molecule has 31 heavy (non-hydrogen) atoms. The van der Waals surface area contributed by atoms with Crippen LogP contribution in [0.4, 0.5) is 11.4 Å². The molecule has 0 bridgehead atoms. The zero-order chi connectivity index (χ0) is 22.2. The smallest absolute Gasteiger partial charge is 0.257 e. The Labute approximate surface area is 195 Å². The van der Waals surface area contributed by atoms with Crippen LogP contribution in [0.1, 0.15) is 16.8 Å². The summed E-state index contributed by atoms with van der Waals surface area (Å²) in [6, 6.07) is 17.7. The molecule has 160 valence electrons. The van der Waals surface area contributed by atoms with E-state index in [1.807, 2.05) is 30.3 Å². The SMILES string of the molecule is O=C(Nc1cc(Cl)cc(-c2ccccc2)c1)c1cc(N2CCCS2(=O)=O)cc(Cl)c1Cl. The van der Waals surface area contributed by atoms with Gasteiger partial charge in [-0.2, -0.15) is 0 Å². The number of amides is 1. The second-order valence-electron chi connectivity index (χ2n) is 7.08. The van der Waals surface area contributed by atoms with Gasteiger partial charge in [-0.3, -0.25) is 9.10 Å². The van der Waals surface area contributed by atoms with E-state index in [9.17, 15) is 13.2 Å². The number of hydrogen-bond acceptors (Lipinski definition) is 3. The number of halogens is 3. The minimum atomic E-state index is -3.43. The van der Waals surface area contributed by atoms with Crippen LogP contribution in [0.3, 0.4) is 0 Å². The number of anilines is 2. The molecule has 0 saturated carbocycles. The summed E-state index contributed by atoms with van der Waals surface area (Å²) in [6.45, 7) is 0.329. The van der Waals surface area contributed by atoms with Gasteiger partial charge >= 0.3 is 0 Å². The van der Waals surface area contributed by atoms with Crippen molar-refractivity contribution in [2.24, 2.45) is 0 Å². The van der Waals surface area contributed by atoms with E-state index in [1.54, 1.807) is 18.2 Å². The maximum Gasteiger partial charge on any atom is 0.257 e. The maximum absolute atomic E-state index is 13.0. The van der Waals surface area contributed by atoms with Gasteiger partial charge in [0.25, 0.3) is 5.91 Å². The summed E-state index contributed by atoms with van der Waals surface area (Å²) in [6.07, 6.45) is 0.509. The highest BCUT2D eigenvalue weighted by atomic mass is 35.5. The van der Waals surface area contributed by atoms with Crippen molar-refractivity contribution in [1.29, 1.82) is 0 Å². The second-order valence-corrected chi connectivity index (χ2v) is 10.3. The molecule has 1 amide bonds. The third kappa shape index (κ3) is 4.67. The maximum atomic E-state index is 13.0. The molecule has 4 rings (SSSR count). The molecule has 0 spiro atoms. The molecule has 1 saturated heterocycles. The van der Waals surface area contributed by atoms with Crippen LogP contribution in [-0.2, 0) is 10.0 Å². The molecule has 0 aromatic heterocycles. The number of carbonyl (C=O) groups is 1. The molecular formula is C22H17Cl3N2O3S. The lowest BCUT2D eigenvalue weighted by molar-refractivity contribution is 0.102. The monoisotopic (exact) mass is 494 g/mol. The normalized spacial score (nSPS) is 15.1. The molecule has 9 heteroatoms. The fourth-order valence-electron chi connectivity index (χ4n) is 3.47. The van der Waals surface area contributed by atoms with Crippen molar-refractivity contribution >= 4 is 62.1 Å². The first-order valence-electron chi connectivity index (χ1n) is 9.41. The molecule has 1 heterocycles. The Bertz CT molecular complexity index is 1260. The Morgan fingerprint density at radius 2 is 1.68 bits per heavy atom. The molecular weight excluding hydrogens is 479 g/mol. The van der Waals surface area contributed by atoms with Crippen LogP contribution in [0.15, 0.2) is 60.7 Å². The van der Waals surface area contributed by atoms with Crippen molar-refractivity contribution in [2.45, 2.75) is 6.42 Å². The molecule has 0 unspecified atom stereocenters. The van der Waals surface area contributed by atoms with Gasteiger partial charge in [0.1, 0.15) is 0 Å². The van der Waals surface area contributed by atoms with Crippen LogP contribution >= 0.6 is 34.8 Å². The van der Waals surface area contributed by atoms with Crippen LogP contribution in [0, 0.1) is 0 Å². The lowest BCUT2D eigenvalue weighted by Crippen LogP contribution is -2.25. The average Bonchev–Trinajstić information content (AvgIpc) is 3.09. The third-order valence-electron chi connectivity index (χ3n) is 4.91.